The summed E-state index contributed by atoms with van der Waals surface area (Å²) in [5.74, 6) is 0. The van der Waals surface area contributed by atoms with Gasteiger partial charge in [0.25, 0.3) is 0 Å². The van der Waals surface area contributed by atoms with Crippen molar-refractivity contribution in [1.82, 2.24) is 0 Å². The van der Waals surface area contributed by atoms with Gasteiger partial charge in [0.15, 0.2) is 0 Å². The quantitative estimate of drug-likeness (QED) is 0.256. The summed E-state index contributed by atoms with van der Waals surface area (Å²) < 4.78 is 5.15. The Hall–Kier alpha value is -1.68. The lowest BCUT2D eigenvalue weighted by molar-refractivity contribution is 0.0873. The molecule has 70 valence electrons. The zero-order valence-corrected chi connectivity index (χ0v) is 7.07. The van der Waals surface area contributed by atoms with Crippen molar-refractivity contribution in [2.24, 2.45) is 10.2 Å². The number of azide groups is 2. The number of rotatable bonds is 7. The van der Waals surface area contributed by atoms with Crippen molar-refractivity contribution in [2.45, 2.75) is 6.10 Å². The summed E-state index contributed by atoms with van der Waals surface area (Å²) in [6.07, 6.45) is 1.20. The summed E-state index contributed by atoms with van der Waals surface area (Å²) >= 11 is 0. The lowest BCUT2D eigenvalue weighted by Crippen LogP contribution is -2.19. The smallest absolute Gasteiger partial charge is 0.0691 e. The molecule has 0 heterocycles. The van der Waals surface area contributed by atoms with Gasteiger partial charge in [-0.15, -0.1) is 6.58 Å². The number of hydrogen-bond donors (Lipinski definition) is 0. The van der Waals surface area contributed by atoms with Gasteiger partial charge in [-0.3, -0.25) is 0 Å². The fraction of sp³-hybridized carbons (Fsp3) is 0.667. The molecule has 0 bridgehead atoms. The van der Waals surface area contributed by atoms with Crippen molar-refractivity contribution in [2.75, 3.05) is 19.7 Å². The highest BCUT2D eigenvalue weighted by Crippen LogP contribution is 1.95. The maximum absolute atomic E-state index is 8.05. The molecule has 0 aromatic carbocycles. The maximum Gasteiger partial charge on any atom is 0.0691 e. The van der Waals surface area contributed by atoms with Crippen molar-refractivity contribution >= 4 is 0 Å². The second-order valence-electron chi connectivity index (χ2n) is 2.07. The molecule has 0 amide bonds. The number of ether oxygens (including phenoxy) is 1. The molecule has 0 rings (SSSR count). The van der Waals surface area contributed by atoms with Crippen molar-refractivity contribution in [3.05, 3.63) is 33.5 Å². The molecule has 0 aliphatic rings. The van der Waals surface area contributed by atoms with Crippen LogP contribution in [0.15, 0.2) is 22.9 Å². The van der Waals surface area contributed by atoms with E-state index in [-0.39, 0.29) is 19.2 Å². The Balaban J connectivity index is 3.91. The molecule has 7 nitrogen and oxygen atoms in total. The summed E-state index contributed by atoms with van der Waals surface area (Å²) in [4.78, 5) is 5.15. The molecule has 0 fully saturated rings. The Morgan fingerprint density at radius 2 is 1.85 bits per heavy atom. The Labute approximate surface area is 75.3 Å². The Morgan fingerprint density at radius 1 is 1.31 bits per heavy atom. The third kappa shape index (κ3) is 6.71. The van der Waals surface area contributed by atoms with Crippen LogP contribution in [0.2, 0.25) is 0 Å². The predicted molar refractivity (Wildman–Crippen MR) is 48.0 cm³/mol. The van der Waals surface area contributed by atoms with E-state index < -0.39 is 0 Å². The first-order valence-electron chi connectivity index (χ1n) is 3.59. The lowest BCUT2D eigenvalue weighted by atomic mass is 10.3. The minimum atomic E-state index is -0.371. The Bertz CT molecular complexity index is 220. The average Bonchev–Trinajstić information content (AvgIpc) is 2.17. The van der Waals surface area contributed by atoms with Gasteiger partial charge in [0.05, 0.1) is 25.8 Å². The van der Waals surface area contributed by atoms with Crippen molar-refractivity contribution in [1.29, 1.82) is 0 Å². The summed E-state index contributed by atoms with van der Waals surface area (Å²) in [5.41, 5.74) is 16.1. The topological polar surface area (TPSA) is 107 Å². The van der Waals surface area contributed by atoms with E-state index in [1.807, 2.05) is 0 Å². The molecule has 0 radical (unpaired) electrons. The zero-order valence-electron chi connectivity index (χ0n) is 7.07. The van der Waals surface area contributed by atoms with E-state index in [0.29, 0.717) is 6.61 Å². The molecular formula is C6H10N6O. The fourth-order valence-corrected chi connectivity index (χ4v) is 0.622. The molecule has 0 aromatic heterocycles. The van der Waals surface area contributed by atoms with Crippen LogP contribution in [0.25, 0.3) is 20.9 Å². The lowest BCUT2D eigenvalue weighted by Gasteiger charge is -2.10. The van der Waals surface area contributed by atoms with Crippen LogP contribution in [-0.2, 0) is 4.74 Å². The van der Waals surface area contributed by atoms with Crippen LogP contribution in [0.3, 0.4) is 0 Å². The normalized spacial score (nSPS) is 10.8. The highest BCUT2D eigenvalue weighted by molar-refractivity contribution is 4.70. The van der Waals surface area contributed by atoms with E-state index in [1.165, 1.54) is 0 Å². The van der Waals surface area contributed by atoms with Gasteiger partial charge >= 0.3 is 0 Å². The monoisotopic (exact) mass is 182 g/mol. The van der Waals surface area contributed by atoms with Crippen LogP contribution >= 0.6 is 0 Å². The molecule has 13 heavy (non-hydrogen) atoms. The molecule has 0 unspecified atom stereocenters. The van der Waals surface area contributed by atoms with Gasteiger partial charge in [-0.1, -0.05) is 16.3 Å². The van der Waals surface area contributed by atoms with Gasteiger partial charge in [-0.05, 0) is 11.1 Å². The van der Waals surface area contributed by atoms with Gasteiger partial charge in [-0.25, -0.2) is 0 Å². The first kappa shape index (κ1) is 11.3. The zero-order chi connectivity index (χ0) is 9.94. The number of nitrogens with zero attached hydrogens (tertiary/aromatic N) is 6. The van der Waals surface area contributed by atoms with Crippen LogP contribution in [-0.4, -0.2) is 25.8 Å². The molecule has 0 N–H and O–H groups in total. The molecular weight excluding hydrogens is 172 g/mol. The molecule has 0 aliphatic carbocycles. The first-order valence-corrected chi connectivity index (χ1v) is 3.59. The fourth-order valence-electron chi connectivity index (χ4n) is 0.622. The van der Waals surface area contributed by atoms with Crippen LogP contribution in [0.5, 0.6) is 0 Å². The summed E-state index contributed by atoms with van der Waals surface area (Å²) in [6, 6.07) is 0. The van der Waals surface area contributed by atoms with Gasteiger partial charge in [0.2, 0.25) is 0 Å². The summed E-state index contributed by atoms with van der Waals surface area (Å²) in [5, 5.41) is 6.63. The number of hydrogen-bond acceptors (Lipinski definition) is 3. The highest BCUT2D eigenvalue weighted by Gasteiger charge is 2.04. The molecule has 0 aliphatic heterocycles. The van der Waals surface area contributed by atoms with Gasteiger partial charge in [-0.2, -0.15) is 0 Å². The minimum absolute atomic E-state index is 0.156. The standard InChI is InChI=1S/C6H10N6O/c1-2-3-13-6(4-9-11-7)5-10-12-8/h2,6H,1,3-5H2. The van der Waals surface area contributed by atoms with E-state index in [2.05, 4.69) is 26.6 Å². The van der Waals surface area contributed by atoms with Crippen LogP contribution in [0.1, 0.15) is 0 Å². The minimum Gasteiger partial charge on any atom is -0.374 e. The van der Waals surface area contributed by atoms with Crippen molar-refractivity contribution in [3.8, 4) is 0 Å². The van der Waals surface area contributed by atoms with E-state index >= 15 is 0 Å². The van der Waals surface area contributed by atoms with Gasteiger partial charge < -0.3 is 4.74 Å². The SMILES string of the molecule is C=CCOC(CN=[N+]=[N-])CN=[N+]=[N-]. The van der Waals surface area contributed by atoms with E-state index in [1.54, 1.807) is 6.08 Å². The summed E-state index contributed by atoms with van der Waals surface area (Å²) in [6.45, 7) is 4.11. The third-order valence-corrected chi connectivity index (χ3v) is 1.15. The average molecular weight is 182 g/mol. The van der Waals surface area contributed by atoms with E-state index in [0.717, 1.165) is 0 Å². The largest absolute Gasteiger partial charge is 0.374 e. The second-order valence-corrected chi connectivity index (χ2v) is 2.07. The van der Waals surface area contributed by atoms with Gasteiger partial charge in [0.1, 0.15) is 0 Å². The van der Waals surface area contributed by atoms with E-state index in [9.17, 15) is 0 Å². The van der Waals surface area contributed by atoms with Crippen LogP contribution in [0, 0.1) is 0 Å². The van der Waals surface area contributed by atoms with Crippen LogP contribution < -0.4 is 0 Å². The summed E-state index contributed by atoms with van der Waals surface area (Å²) in [7, 11) is 0. The molecule has 0 atom stereocenters. The Morgan fingerprint density at radius 3 is 2.23 bits per heavy atom. The van der Waals surface area contributed by atoms with Gasteiger partial charge in [0, 0.05) is 9.82 Å². The van der Waals surface area contributed by atoms with Crippen molar-refractivity contribution < 1.29 is 4.74 Å². The molecule has 0 aromatic rings. The predicted octanol–water partition coefficient (Wildman–Crippen LogP) is 2.18. The van der Waals surface area contributed by atoms with E-state index in [4.69, 9.17) is 15.8 Å². The molecule has 0 saturated carbocycles. The first-order chi connectivity index (χ1) is 6.35. The van der Waals surface area contributed by atoms with Crippen LogP contribution in [0.4, 0.5) is 0 Å². The second kappa shape index (κ2) is 8.42. The highest BCUT2D eigenvalue weighted by atomic mass is 16.5. The molecule has 0 spiro atoms. The molecule has 0 saturated heterocycles. The third-order valence-electron chi connectivity index (χ3n) is 1.15. The molecule has 7 heteroatoms. The maximum atomic E-state index is 8.05. The Kier molecular flexibility index (Phi) is 7.33. The van der Waals surface area contributed by atoms with Crippen molar-refractivity contribution in [3.63, 3.8) is 0 Å².